The number of fused-ring (bicyclic) bond motifs is 1. The van der Waals surface area contributed by atoms with E-state index in [1.807, 2.05) is 61.5 Å². The average molecular weight is 595 g/mol. The summed E-state index contributed by atoms with van der Waals surface area (Å²) in [4.78, 5) is 27.2. The van der Waals surface area contributed by atoms with Crippen molar-refractivity contribution in [2.75, 3.05) is 19.8 Å². The van der Waals surface area contributed by atoms with Crippen molar-refractivity contribution in [3.63, 3.8) is 0 Å². The molecule has 0 unspecified atom stereocenters. The molecule has 0 aliphatic carbocycles. The summed E-state index contributed by atoms with van der Waals surface area (Å²) in [7, 11) is 0. The van der Waals surface area contributed by atoms with E-state index < -0.39 is 0 Å². The molecular formula is C31H25Cl2NO5S. The monoisotopic (exact) mass is 593 g/mol. The van der Waals surface area contributed by atoms with Crippen molar-refractivity contribution in [3.05, 3.63) is 105 Å². The van der Waals surface area contributed by atoms with Gasteiger partial charge in [0.15, 0.2) is 11.5 Å². The van der Waals surface area contributed by atoms with Crippen molar-refractivity contribution in [1.29, 1.82) is 0 Å². The number of nitrogens with zero attached hydrogens (tertiary/aromatic N) is 1. The number of amides is 2. The maximum atomic E-state index is 13.0. The molecule has 1 aliphatic rings. The predicted octanol–water partition coefficient (Wildman–Crippen LogP) is 8.24. The fourth-order valence-corrected chi connectivity index (χ4v) is 5.39. The lowest BCUT2D eigenvalue weighted by Crippen LogP contribution is -2.32. The van der Waals surface area contributed by atoms with Crippen LogP contribution in [-0.2, 0) is 11.4 Å². The first-order chi connectivity index (χ1) is 19.4. The predicted molar refractivity (Wildman–Crippen MR) is 161 cm³/mol. The Morgan fingerprint density at radius 1 is 0.825 bits per heavy atom. The van der Waals surface area contributed by atoms with Crippen LogP contribution in [0.25, 0.3) is 16.8 Å². The zero-order valence-electron chi connectivity index (χ0n) is 21.6. The second-order valence-corrected chi connectivity index (χ2v) is 10.6. The summed E-state index contributed by atoms with van der Waals surface area (Å²) in [5, 5.41) is 2.65. The van der Waals surface area contributed by atoms with Crippen LogP contribution < -0.4 is 14.2 Å². The number of imide groups is 1. The zero-order chi connectivity index (χ0) is 28.1. The van der Waals surface area contributed by atoms with Crippen molar-refractivity contribution in [2.24, 2.45) is 0 Å². The molecular weight excluding hydrogens is 569 g/mol. The second-order valence-electron chi connectivity index (χ2n) is 8.84. The SMILES string of the molecule is CCOc1cc(/C=C2\SC(=O)N(CCOc3cccc4ccccc34)C2=O)ccc1OCc1ccc(Cl)c(Cl)c1. The van der Waals surface area contributed by atoms with E-state index in [9.17, 15) is 9.59 Å². The molecule has 0 spiro atoms. The number of halogens is 2. The topological polar surface area (TPSA) is 65.1 Å². The van der Waals surface area contributed by atoms with Crippen LogP contribution in [0, 0.1) is 0 Å². The largest absolute Gasteiger partial charge is 0.491 e. The van der Waals surface area contributed by atoms with Crippen molar-refractivity contribution in [3.8, 4) is 17.2 Å². The number of thioether (sulfide) groups is 1. The van der Waals surface area contributed by atoms with Crippen molar-refractivity contribution >= 4 is 63.0 Å². The van der Waals surface area contributed by atoms with E-state index in [2.05, 4.69) is 0 Å². The Balaban J connectivity index is 1.25. The van der Waals surface area contributed by atoms with E-state index in [1.165, 1.54) is 4.90 Å². The third kappa shape index (κ3) is 6.39. The summed E-state index contributed by atoms with van der Waals surface area (Å²) in [6.07, 6.45) is 1.68. The molecule has 9 heteroatoms. The van der Waals surface area contributed by atoms with Crippen LogP contribution in [-0.4, -0.2) is 35.8 Å². The summed E-state index contributed by atoms with van der Waals surface area (Å²) in [6, 6.07) is 24.4. The van der Waals surface area contributed by atoms with E-state index >= 15 is 0 Å². The molecule has 2 amide bonds. The molecule has 204 valence electrons. The lowest BCUT2D eigenvalue weighted by molar-refractivity contribution is -0.123. The molecule has 40 heavy (non-hydrogen) atoms. The lowest BCUT2D eigenvalue weighted by Gasteiger charge is -2.14. The van der Waals surface area contributed by atoms with Crippen LogP contribution in [0.1, 0.15) is 18.1 Å². The van der Waals surface area contributed by atoms with Gasteiger partial charge >= 0.3 is 0 Å². The highest BCUT2D eigenvalue weighted by atomic mass is 35.5. The minimum absolute atomic E-state index is 0.150. The molecule has 1 heterocycles. The molecule has 1 saturated heterocycles. The number of hydrogen-bond donors (Lipinski definition) is 0. The smallest absolute Gasteiger partial charge is 0.293 e. The summed E-state index contributed by atoms with van der Waals surface area (Å²) in [5.74, 6) is 1.43. The number of carbonyl (C=O) groups excluding carboxylic acids is 2. The Morgan fingerprint density at radius 3 is 2.48 bits per heavy atom. The van der Waals surface area contributed by atoms with Crippen LogP contribution in [0.4, 0.5) is 4.79 Å². The van der Waals surface area contributed by atoms with E-state index in [0.29, 0.717) is 44.4 Å². The van der Waals surface area contributed by atoms with E-state index in [0.717, 1.165) is 28.1 Å². The van der Waals surface area contributed by atoms with Gasteiger partial charge in [-0.15, -0.1) is 0 Å². The highest BCUT2D eigenvalue weighted by molar-refractivity contribution is 8.18. The minimum atomic E-state index is -0.352. The standard InChI is InChI=1S/C31H25Cl2NO5S/c1-2-37-28-17-20(11-13-27(28)39-19-21-10-12-24(32)25(33)16-21)18-29-30(35)34(31(36)40-29)14-15-38-26-9-5-7-22-6-3-4-8-23(22)26/h3-13,16-18H,2,14-15,19H2,1H3/b29-18-. The van der Waals surface area contributed by atoms with Crippen LogP contribution in [0.3, 0.4) is 0 Å². The summed E-state index contributed by atoms with van der Waals surface area (Å²) in [6.45, 7) is 2.92. The van der Waals surface area contributed by atoms with Gasteiger partial charge in [0, 0.05) is 5.39 Å². The van der Waals surface area contributed by atoms with E-state index in [-0.39, 0.29) is 30.9 Å². The Morgan fingerprint density at radius 2 is 1.65 bits per heavy atom. The first-order valence-corrected chi connectivity index (χ1v) is 14.2. The van der Waals surface area contributed by atoms with Gasteiger partial charge < -0.3 is 14.2 Å². The third-order valence-corrected chi connectivity index (χ3v) is 7.79. The first-order valence-electron chi connectivity index (χ1n) is 12.6. The van der Waals surface area contributed by atoms with Crippen LogP contribution >= 0.6 is 35.0 Å². The number of benzene rings is 4. The summed E-state index contributed by atoms with van der Waals surface area (Å²) >= 11 is 13.0. The number of rotatable bonds is 10. The Bertz CT molecular complexity index is 1600. The van der Waals surface area contributed by atoms with Gasteiger partial charge in [0.05, 0.1) is 28.1 Å². The summed E-state index contributed by atoms with van der Waals surface area (Å²) in [5.41, 5.74) is 1.57. The van der Waals surface area contributed by atoms with Crippen molar-refractivity contribution < 1.29 is 23.8 Å². The van der Waals surface area contributed by atoms with Gasteiger partial charge in [0.2, 0.25) is 0 Å². The number of ether oxygens (including phenoxy) is 3. The number of hydrogen-bond acceptors (Lipinski definition) is 6. The van der Waals surface area contributed by atoms with Crippen LogP contribution in [0.5, 0.6) is 17.2 Å². The van der Waals surface area contributed by atoms with E-state index in [1.54, 1.807) is 30.3 Å². The first kappa shape index (κ1) is 27.9. The molecule has 0 aromatic heterocycles. The highest BCUT2D eigenvalue weighted by Gasteiger charge is 2.34. The second kappa shape index (κ2) is 12.7. The van der Waals surface area contributed by atoms with Gasteiger partial charge in [-0.1, -0.05) is 71.7 Å². The quantitative estimate of drug-likeness (QED) is 0.172. The van der Waals surface area contributed by atoms with Gasteiger partial charge in [-0.2, -0.15) is 0 Å². The molecule has 0 saturated carbocycles. The Labute approximate surface area is 246 Å². The molecule has 6 nitrogen and oxygen atoms in total. The normalized spacial score (nSPS) is 14.3. The van der Waals surface area contributed by atoms with Gasteiger partial charge in [-0.05, 0) is 71.6 Å². The zero-order valence-corrected chi connectivity index (χ0v) is 23.9. The molecule has 0 radical (unpaired) electrons. The molecule has 0 atom stereocenters. The molecule has 1 aliphatic heterocycles. The maximum absolute atomic E-state index is 13.0. The molecule has 4 aromatic carbocycles. The van der Waals surface area contributed by atoms with Gasteiger partial charge in [-0.3, -0.25) is 14.5 Å². The minimum Gasteiger partial charge on any atom is -0.491 e. The Kier molecular flexibility index (Phi) is 8.85. The number of carbonyl (C=O) groups is 2. The van der Waals surface area contributed by atoms with Gasteiger partial charge in [0.25, 0.3) is 11.1 Å². The van der Waals surface area contributed by atoms with Crippen molar-refractivity contribution in [1.82, 2.24) is 4.90 Å². The van der Waals surface area contributed by atoms with Gasteiger partial charge in [0.1, 0.15) is 19.0 Å². The third-order valence-electron chi connectivity index (χ3n) is 6.14. The molecule has 0 bridgehead atoms. The maximum Gasteiger partial charge on any atom is 0.293 e. The molecule has 1 fully saturated rings. The van der Waals surface area contributed by atoms with E-state index in [4.69, 9.17) is 37.4 Å². The van der Waals surface area contributed by atoms with Gasteiger partial charge in [-0.25, -0.2) is 0 Å². The van der Waals surface area contributed by atoms with Crippen molar-refractivity contribution in [2.45, 2.75) is 13.5 Å². The Hall–Kier alpha value is -3.65. The molecule has 5 rings (SSSR count). The lowest BCUT2D eigenvalue weighted by atomic mass is 10.1. The molecule has 4 aromatic rings. The van der Waals surface area contributed by atoms with Crippen LogP contribution in [0.15, 0.2) is 83.8 Å². The highest BCUT2D eigenvalue weighted by Crippen LogP contribution is 2.35. The fourth-order valence-electron chi connectivity index (χ4n) is 4.21. The average Bonchev–Trinajstić information content (AvgIpc) is 3.22. The van der Waals surface area contributed by atoms with Crippen LogP contribution in [0.2, 0.25) is 10.0 Å². The summed E-state index contributed by atoms with van der Waals surface area (Å²) < 4.78 is 17.7. The fraction of sp³-hybridized carbons (Fsp3) is 0.161. The molecule has 0 N–H and O–H groups in total.